The highest BCUT2D eigenvalue weighted by atomic mass is 28.4. The van der Waals surface area contributed by atoms with Crippen LogP contribution in [0.25, 0.3) is 0 Å². The van der Waals surface area contributed by atoms with E-state index in [4.69, 9.17) is 22.8 Å². The SMILES string of the molecule is CCO[Si](CCC1=C(C(=O)C(C)(C)C)OCCO1)(OCC)OCC. The fourth-order valence-electron chi connectivity index (χ4n) is 2.44. The van der Waals surface area contributed by atoms with Gasteiger partial charge in [-0.1, -0.05) is 20.8 Å². The van der Waals surface area contributed by atoms with Gasteiger partial charge in [-0.3, -0.25) is 4.79 Å². The van der Waals surface area contributed by atoms with E-state index >= 15 is 0 Å². The molecule has 24 heavy (non-hydrogen) atoms. The number of Topliss-reactive ketones (excluding diaryl/α,β-unsaturated/α-hetero) is 1. The maximum atomic E-state index is 12.6. The fourth-order valence-corrected chi connectivity index (χ4v) is 4.98. The van der Waals surface area contributed by atoms with Crippen molar-refractivity contribution in [2.75, 3.05) is 33.0 Å². The number of carbonyl (C=O) groups excluding carboxylic acids is 1. The van der Waals surface area contributed by atoms with Crippen molar-refractivity contribution >= 4 is 14.6 Å². The second-order valence-corrected chi connectivity index (χ2v) is 9.24. The molecule has 0 saturated heterocycles. The van der Waals surface area contributed by atoms with E-state index < -0.39 is 14.2 Å². The number of hydrogen-bond donors (Lipinski definition) is 0. The Morgan fingerprint density at radius 3 is 1.96 bits per heavy atom. The Hall–Kier alpha value is -0.893. The molecule has 0 amide bonds. The summed E-state index contributed by atoms with van der Waals surface area (Å²) in [5.41, 5.74) is -0.518. The van der Waals surface area contributed by atoms with Crippen LogP contribution in [-0.4, -0.2) is 47.6 Å². The lowest BCUT2D eigenvalue weighted by Gasteiger charge is -2.30. The first-order chi connectivity index (χ1) is 11.3. The third-order valence-electron chi connectivity index (χ3n) is 3.50. The predicted molar refractivity (Wildman–Crippen MR) is 93.4 cm³/mol. The van der Waals surface area contributed by atoms with Gasteiger partial charge in [0.2, 0.25) is 11.5 Å². The van der Waals surface area contributed by atoms with Gasteiger partial charge < -0.3 is 22.8 Å². The van der Waals surface area contributed by atoms with Gasteiger partial charge in [-0.05, 0) is 20.8 Å². The summed E-state index contributed by atoms with van der Waals surface area (Å²) in [5.74, 6) is 0.868. The molecule has 0 bridgehead atoms. The first-order valence-electron chi connectivity index (χ1n) is 8.75. The van der Waals surface area contributed by atoms with Gasteiger partial charge in [-0.2, -0.15) is 0 Å². The molecule has 0 aromatic heterocycles. The van der Waals surface area contributed by atoms with Crippen LogP contribution in [0.2, 0.25) is 6.04 Å². The van der Waals surface area contributed by atoms with Crippen LogP contribution >= 0.6 is 0 Å². The molecular formula is C17H32O6Si. The summed E-state index contributed by atoms with van der Waals surface area (Å²) in [4.78, 5) is 12.6. The zero-order valence-corrected chi connectivity index (χ0v) is 16.9. The zero-order chi connectivity index (χ0) is 18.2. The smallest absolute Gasteiger partial charge is 0.490 e. The molecule has 140 valence electrons. The molecule has 6 nitrogen and oxygen atoms in total. The minimum atomic E-state index is -2.77. The second-order valence-electron chi connectivity index (χ2n) is 6.51. The van der Waals surface area contributed by atoms with Crippen LogP contribution in [0, 0.1) is 5.41 Å². The monoisotopic (exact) mass is 360 g/mol. The van der Waals surface area contributed by atoms with Gasteiger partial charge in [0.15, 0.2) is 0 Å². The largest absolute Gasteiger partial charge is 0.501 e. The molecule has 0 spiro atoms. The van der Waals surface area contributed by atoms with E-state index in [-0.39, 0.29) is 5.78 Å². The molecule has 0 aromatic carbocycles. The second kappa shape index (κ2) is 9.55. The van der Waals surface area contributed by atoms with Gasteiger partial charge >= 0.3 is 8.80 Å². The van der Waals surface area contributed by atoms with Crippen LogP contribution in [0.3, 0.4) is 0 Å². The summed E-state index contributed by atoms with van der Waals surface area (Å²) in [5, 5.41) is 0. The summed E-state index contributed by atoms with van der Waals surface area (Å²) >= 11 is 0. The van der Waals surface area contributed by atoms with E-state index in [9.17, 15) is 4.79 Å². The molecule has 1 rings (SSSR count). The van der Waals surface area contributed by atoms with Gasteiger partial charge in [0.05, 0.1) is 0 Å². The van der Waals surface area contributed by atoms with Crippen LogP contribution in [0.5, 0.6) is 0 Å². The molecule has 0 saturated carbocycles. The first-order valence-corrected chi connectivity index (χ1v) is 10.7. The number of carbonyl (C=O) groups is 1. The summed E-state index contributed by atoms with van der Waals surface area (Å²) in [6.45, 7) is 13.8. The lowest BCUT2D eigenvalue weighted by atomic mass is 9.89. The summed E-state index contributed by atoms with van der Waals surface area (Å²) in [6, 6.07) is 0.558. The lowest BCUT2D eigenvalue weighted by Crippen LogP contribution is -2.46. The maximum Gasteiger partial charge on any atom is 0.501 e. The molecule has 1 aliphatic rings. The highest BCUT2D eigenvalue weighted by molar-refractivity contribution is 6.60. The number of ether oxygens (including phenoxy) is 2. The number of hydrogen-bond acceptors (Lipinski definition) is 6. The molecule has 0 atom stereocenters. The fraction of sp³-hybridized carbons (Fsp3) is 0.824. The third-order valence-corrected chi connectivity index (χ3v) is 6.55. The van der Waals surface area contributed by atoms with Gasteiger partial charge in [-0.25, -0.2) is 0 Å². The van der Waals surface area contributed by atoms with Crippen molar-refractivity contribution in [3.8, 4) is 0 Å². The minimum absolute atomic E-state index is 0.0475. The van der Waals surface area contributed by atoms with Crippen LogP contribution < -0.4 is 0 Å². The maximum absolute atomic E-state index is 12.6. The van der Waals surface area contributed by atoms with Gasteiger partial charge in [0, 0.05) is 37.7 Å². The topological polar surface area (TPSA) is 63.2 Å². The molecule has 1 heterocycles. The van der Waals surface area contributed by atoms with Crippen molar-refractivity contribution < 1.29 is 27.5 Å². The first kappa shape index (κ1) is 21.2. The van der Waals surface area contributed by atoms with Crippen molar-refractivity contribution in [1.82, 2.24) is 0 Å². The third kappa shape index (κ3) is 5.88. The molecule has 0 aliphatic carbocycles. The molecule has 0 fully saturated rings. The molecule has 0 radical (unpaired) electrons. The Balaban J connectivity index is 2.96. The molecule has 0 N–H and O–H groups in total. The lowest BCUT2D eigenvalue weighted by molar-refractivity contribution is -0.128. The van der Waals surface area contributed by atoms with E-state index in [0.717, 1.165) is 0 Å². The number of ketones is 1. The molecule has 1 aliphatic heterocycles. The van der Waals surface area contributed by atoms with Crippen LogP contribution in [0.1, 0.15) is 48.0 Å². The van der Waals surface area contributed by atoms with E-state index in [0.29, 0.717) is 57.0 Å². The predicted octanol–water partition coefficient (Wildman–Crippen LogP) is 3.30. The van der Waals surface area contributed by atoms with Crippen molar-refractivity contribution in [2.45, 2.75) is 54.0 Å². The molecular weight excluding hydrogens is 328 g/mol. The summed E-state index contributed by atoms with van der Waals surface area (Å²) in [6.07, 6.45) is 0.503. The highest BCUT2D eigenvalue weighted by Gasteiger charge is 2.41. The zero-order valence-electron chi connectivity index (χ0n) is 15.9. The Labute approximate surface area is 146 Å². The average molecular weight is 361 g/mol. The van der Waals surface area contributed by atoms with E-state index in [2.05, 4.69) is 0 Å². The van der Waals surface area contributed by atoms with Gasteiger partial charge in [-0.15, -0.1) is 0 Å². The average Bonchev–Trinajstić information content (AvgIpc) is 2.52. The van der Waals surface area contributed by atoms with E-state index in [1.54, 1.807) is 0 Å². The normalized spacial score (nSPS) is 15.9. The van der Waals surface area contributed by atoms with Crippen molar-refractivity contribution in [3.05, 3.63) is 11.5 Å². The summed E-state index contributed by atoms with van der Waals surface area (Å²) in [7, 11) is -2.77. The highest BCUT2D eigenvalue weighted by Crippen LogP contribution is 2.29. The number of allylic oxidation sites excluding steroid dienone is 2. The number of rotatable bonds is 10. The van der Waals surface area contributed by atoms with Crippen molar-refractivity contribution in [2.24, 2.45) is 5.41 Å². The molecule has 0 aromatic rings. The van der Waals surface area contributed by atoms with Crippen LogP contribution in [0.15, 0.2) is 11.5 Å². The quantitative estimate of drug-likeness (QED) is 0.557. The van der Waals surface area contributed by atoms with Crippen molar-refractivity contribution in [1.29, 1.82) is 0 Å². The van der Waals surface area contributed by atoms with Crippen LogP contribution in [0.4, 0.5) is 0 Å². The summed E-state index contributed by atoms with van der Waals surface area (Å²) < 4.78 is 28.9. The molecule has 0 unspecified atom stereocenters. The standard InChI is InChI=1S/C17H32O6Si/c1-7-21-24(22-8-2,23-9-3)13-10-14-15(20-12-11-19-14)16(18)17(4,5)6/h7-13H2,1-6H3. The molecule has 7 heteroatoms. The van der Waals surface area contributed by atoms with Crippen LogP contribution in [-0.2, 0) is 27.5 Å². The Morgan fingerprint density at radius 2 is 1.50 bits per heavy atom. The van der Waals surface area contributed by atoms with Gasteiger partial charge in [0.1, 0.15) is 19.0 Å². The minimum Gasteiger partial charge on any atom is -0.490 e. The van der Waals surface area contributed by atoms with E-state index in [1.165, 1.54) is 0 Å². The Morgan fingerprint density at radius 1 is 1.00 bits per heavy atom. The van der Waals surface area contributed by atoms with Gasteiger partial charge in [0.25, 0.3) is 0 Å². The van der Waals surface area contributed by atoms with E-state index in [1.807, 2.05) is 41.5 Å². The Kier molecular flexibility index (Phi) is 8.42. The van der Waals surface area contributed by atoms with Crippen molar-refractivity contribution in [3.63, 3.8) is 0 Å². The Bertz CT molecular complexity index is 424.